The van der Waals surface area contributed by atoms with Crippen LogP contribution in [0.15, 0.2) is 18.2 Å². The zero-order chi connectivity index (χ0) is 14.3. The first-order chi connectivity index (χ1) is 8.72. The van der Waals surface area contributed by atoms with Crippen molar-refractivity contribution in [3.8, 4) is 0 Å². The van der Waals surface area contributed by atoms with Gasteiger partial charge in [-0.25, -0.2) is 0 Å². The van der Waals surface area contributed by atoms with Crippen LogP contribution in [0.25, 0.3) is 0 Å². The topological polar surface area (TPSA) is 32.7 Å². The van der Waals surface area contributed by atoms with Crippen LogP contribution in [0.2, 0.25) is 5.02 Å². The van der Waals surface area contributed by atoms with Gasteiger partial charge in [-0.05, 0) is 45.9 Å². The maximum Gasteiger partial charge on any atom is 0.0808 e. The zero-order valence-corrected chi connectivity index (χ0v) is 12.8. The first kappa shape index (κ1) is 14.6. The Kier molecular flexibility index (Phi) is 3.83. The summed E-state index contributed by atoms with van der Waals surface area (Å²) in [5.41, 5.74) is 1.47. The summed E-state index contributed by atoms with van der Waals surface area (Å²) in [6.07, 6.45) is 0. The summed E-state index contributed by atoms with van der Waals surface area (Å²) in [6, 6.07) is 5.67. The molecule has 0 saturated carbocycles. The number of hydrogen-bond donors (Lipinski definition) is 1. The summed E-state index contributed by atoms with van der Waals surface area (Å²) in [7, 11) is 0. The Balaban J connectivity index is 2.35. The summed E-state index contributed by atoms with van der Waals surface area (Å²) in [4.78, 5) is 2.27. The lowest BCUT2D eigenvalue weighted by Gasteiger charge is -2.48. The van der Waals surface area contributed by atoms with Crippen LogP contribution in [-0.4, -0.2) is 29.4 Å². The van der Waals surface area contributed by atoms with Crippen molar-refractivity contribution in [3.05, 3.63) is 28.8 Å². The average molecular weight is 284 g/mol. The van der Waals surface area contributed by atoms with Crippen molar-refractivity contribution in [1.29, 1.82) is 0 Å². The second-order valence-corrected chi connectivity index (χ2v) is 6.85. The van der Waals surface area contributed by atoms with E-state index in [1.807, 2.05) is 18.2 Å². The predicted octanol–water partition coefficient (Wildman–Crippen LogP) is 3.23. The Morgan fingerprint density at radius 3 is 2.32 bits per heavy atom. The van der Waals surface area contributed by atoms with E-state index in [2.05, 4.69) is 32.6 Å². The minimum atomic E-state index is -0.214. The normalized spacial score (nSPS) is 21.5. The van der Waals surface area contributed by atoms with Crippen molar-refractivity contribution in [2.24, 2.45) is 0 Å². The summed E-state index contributed by atoms with van der Waals surface area (Å²) in [5.74, 6) is 0. The number of rotatable bonds is 2. The van der Waals surface area contributed by atoms with E-state index in [-0.39, 0.29) is 17.8 Å². The first-order valence-electron chi connectivity index (χ1n) is 6.57. The largest absolute Gasteiger partial charge is 0.392 e. The van der Waals surface area contributed by atoms with E-state index in [4.69, 9.17) is 16.3 Å². The van der Waals surface area contributed by atoms with Gasteiger partial charge in [0.25, 0.3) is 0 Å². The van der Waals surface area contributed by atoms with Gasteiger partial charge in [-0.2, -0.15) is 0 Å². The molecule has 1 fully saturated rings. The van der Waals surface area contributed by atoms with Gasteiger partial charge in [-0.1, -0.05) is 11.6 Å². The lowest BCUT2D eigenvalue weighted by atomic mass is 9.97. The van der Waals surface area contributed by atoms with Gasteiger partial charge in [0.05, 0.1) is 17.8 Å². The molecule has 0 spiro atoms. The quantitative estimate of drug-likeness (QED) is 0.904. The molecule has 4 heteroatoms. The van der Waals surface area contributed by atoms with Gasteiger partial charge in [0.2, 0.25) is 0 Å². The van der Waals surface area contributed by atoms with E-state index in [0.29, 0.717) is 5.02 Å². The van der Waals surface area contributed by atoms with Crippen molar-refractivity contribution in [1.82, 2.24) is 0 Å². The maximum atomic E-state index is 9.52. The minimum absolute atomic E-state index is 0.00585. The standard InChI is InChI=1S/C15H22ClNO2/c1-14(2)9-17(10-15(3,4)19-14)13-6-5-12(16)7-11(13)8-18/h5-7,18H,8-10H2,1-4H3. The molecule has 19 heavy (non-hydrogen) atoms. The van der Waals surface area contributed by atoms with Crippen molar-refractivity contribution in [3.63, 3.8) is 0 Å². The SMILES string of the molecule is CC1(C)CN(c2ccc(Cl)cc2CO)CC(C)(C)O1. The molecule has 0 radical (unpaired) electrons. The molecule has 0 unspecified atom stereocenters. The van der Waals surface area contributed by atoms with E-state index in [1.165, 1.54) is 0 Å². The number of anilines is 1. The Morgan fingerprint density at radius 2 is 1.79 bits per heavy atom. The molecule has 3 nitrogen and oxygen atoms in total. The van der Waals surface area contributed by atoms with Gasteiger partial charge in [-0.15, -0.1) is 0 Å². The fourth-order valence-electron chi connectivity index (χ4n) is 2.95. The van der Waals surface area contributed by atoms with Gasteiger partial charge in [0, 0.05) is 29.4 Å². The Labute approximate surface area is 120 Å². The second-order valence-electron chi connectivity index (χ2n) is 6.41. The summed E-state index contributed by atoms with van der Waals surface area (Å²) in [6.45, 7) is 9.96. The third kappa shape index (κ3) is 3.41. The van der Waals surface area contributed by atoms with E-state index in [0.717, 1.165) is 24.3 Å². The Hall–Kier alpha value is -0.770. The number of halogens is 1. The van der Waals surface area contributed by atoms with Crippen molar-refractivity contribution in [2.45, 2.75) is 45.5 Å². The summed E-state index contributed by atoms with van der Waals surface area (Å²) in [5, 5.41) is 10.2. The summed E-state index contributed by atoms with van der Waals surface area (Å²) >= 11 is 5.99. The molecule has 1 heterocycles. The lowest BCUT2D eigenvalue weighted by Crippen LogP contribution is -2.57. The van der Waals surface area contributed by atoms with Gasteiger partial charge in [0.15, 0.2) is 0 Å². The number of nitrogens with zero attached hydrogens (tertiary/aromatic N) is 1. The fraction of sp³-hybridized carbons (Fsp3) is 0.600. The minimum Gasteiger partial charge on any atom is -0.392 e. The molecule has 2 rings (SSSR count). The van der Waals surface area contributed by atoms with E-state index < -0.39 is 0 Å². The smallest absolute Gasteiger partial charge is 0.0808 e. The highest BCUT2D eigenvalue weighted by atomic mass is 35.5. The molecular weight excluding hydrogens is 262 g/mol. The molecule has 0 aromatic heterocycles. The Bertz CT molecular complexity index is 455. The van der Waals surface area contributed by atoms with Crippen LogP contribution in [0, 0.1) is 0 Å². The van der Waals surface area contributed by atoms with Crippen LogP contribution in [0.5, 0.6) is 0 Å². The number of hydrogen-bond acceptors (Lipinski definition) is 3. The third-order valence-electron chi connectivity index (χ3n) is 3.25. The number of morpholine rings is 1. The van der Waals surface area contributed by atoms with Crippen LogP contribution in [0.1, 0.15) is 33.3 Å². The molecule has 1 aliphatic heterocycles. The molecule has 0 aliphatic carbocycles. The number of ether oxygens (including phenoxy) is 1. The predicted molar refractivity (Wildman–Crippen MR) is 78.8 cm³/mol. The molecule has 1 saturated heterocycles. The van der Waals surface area contributed by atoms with E-state index in [9.17, 15) is 5.11 Å². The molecule has 106 valence electrons. The molecule has 1 aromatic rings. The van der Waals surface area contributed by atoms with Gasteiger partial charge >= 0.3 is 0 Å². The van der Waals surface area contributed by atoms with Crippen LogP contribution in [-0.2, 0) is 11.3 Å². The highest BCUT2D eigenvalue weighted by molar-refractivity contribution is 6.30. The molecule has 0 atom stereocenters. The van der Waals surface area contributed by atoms with Crippen molar-refractivity contribution >= 4 is 17.3 Å². The van der Waals surface area contributed by atoms with E-state index >= 15 is 0 Å². The second kappa shape index (κ2) is 4.97. The van der Waals surface area contributed by atoms with Crippen LogP contribution in [0.4, 0.5) is 5.69 Å². The number of benzene rings is 1. The molecule has 1 aromatic carbocycles. The molecule has 1 aliphatic rings. The summed E-state index contributed by atoms with van der Waals surface area (Å²) < 4.78 is 6.08. The van der Waals surface area contributed by atoms with Gasteiger partial charge in [0.1, 0.15) is 0 Å². The molecule has 0 bridgehead atoms. The molecule has 0 amide bonds. The van der Waals surface area contributed by atoms with Crippen molar-refractivity contribution < 1.29 is 9.84 Å². The lowest BCUT2D eigenvalue weighted by molar-refractivity contribution is -0.133. The molecule has 1 N–H and O–H groups in total. The molecular formula is C15H22ClNO2. The average Bonchev–Trinajstić information content (AvgIpc) is 2.24. The third-order valence-corrected chi connectivity index (χ3v) is 3.48. The highest BCUT2D eigenvalue weighted by Gasteiger charge is 2.38. The first-order valence-corrected chi connectivity index (χ1v) is 6.95. The zero-order valence-electron chi connectivity index (χ0n) is 12.0. The fourth-order valence-corrected chi connectivity index (χ4v) is 3.14. The Morgan fingerprint density at radius 1 is 1.21 bits per heavy atom. The highest BCUT2D eigenvalue weighted by Crippen LogP contribution is 2.33. The number of aliphatic hydroxyl groups excluding tert-OH is 1. The van der Waals surface area contributed by atoms with E-state index in [1.54, 1.807) is 0 Å². The van der Waals surface area contributed by atoms with Crippen LogP contribution >= 0.6 is 11.6 Å². The van der Waals surface area contributed by atoms with Crippen LogP contribution < -0.4 is 4.90 Å². The monoisotopic (exact) mass is 283 g/mol. The van der Waals surface area contributed by atoms with Crippen LogP contribution in [0.3, 0.4) is 0 Å². The van der Waals surface area contributed by atoms with Gasteiger partial charge < -0.3 is 14.7 Å². The number of aliphatic hydroxyl groups is 1. The maximum absolute atomic E-state index is 9.52. The van der Waals surface area contributed by atoms with Gasteiger partial charge in [-0.3, -0.25) is 0 Å². The van der Waals surface area contributed by atoms with Crippen molar-refractivity contribution in [2.75, 3.05) is 18.0 Å².